The van der Waals surface area contributed by atoms with Crippen LogP contribution in [0.4, 0.5) is 19.7 Å². The predicted octanol–water partition coefficient (Wildman–Crippen LogP) is 3.84. The summed E-state index contributed by atoms with van der Waals surface area (Å²) in [4.78, 5) is 38.6. The maximum Gasteiger partial charge on any atom is 0.414 e. The molecule has 0 saturated carbocycles. The summed E-state index contributed by atoms with van der Waals surface area (Å²) >= 11 is 0. The van der Waals surface area contributed by atoms with E-state index >= 15 is 4.39 Å². The third-order valence-corrected chi connectivity index (χ3v) is 6.22. The number of hydrogen-bond acceptors (Lipinski definition) is 7. The van der Waals surface area contributed by atoms with Gasteiger partial charge in [-0.15, -0.1) is 0 Å². The zero-order valence-corrected chi connectivity index (χ0v) is 22.6. The fourth-order valence-electron chi connectivity index (χ4n) is 4.22. The second-order valence-electron chi connectivity index (χ2n) is 10.5. The van der Waals surface area contributed by atoms with Gasteiger partial charge >= 0.3 is 12.2 Å². The van der Waals surface area contributed by atoms with E-state index in [4.69, 9.17) is 9.47 Å². The van der Waals surface area contributed by atoms with Gasteiger partial charge in [-0.3, -0.25) is 14.7 Å². The highest BCUT2D eigenvalue weighted by Gasteiger charge is 2.32. The molecule has 2 saturated heterocycles. The molecule has 0 bridgehead atoms. The van der Waals surface area contributed by atoms with Crippen LogP contribution in [-0.2, 0) is 14.3 Å². The first-order chi connectivity index (χ1) is 18.5. The molecule has 2 aliphatic heterocycles. The van der Waals surface area contributed by atoms with Gasteiger partial charge in [0.05, 0.1) is 38.1 Å². The number of piperazine rings is 1. The molecule has 0 aromatic heterocycles. The van der Waals surface area contributed by atoms with E-state index in [0.29, 0.717) is 43.0 Å². The van der Waals surface area contributed by atoms with Crippen molar-refractivity contribution >= 4 is 30.0 Å². The lowest BCUT2D eigenvalue weighted by molar-refractivity contribution is -0.119. The summed E-state index contributed by atoms with van der Waals surface area (Å²) in [5, 5.41) is 9.04. The van der Waals surface area contributed by atoms with E-state index in [-0.39, 0.29) is 25.1 Å². The van der Waals surface area contributed by atoms with Crippen molar-refractivity contribution < 1.29 is 28.2 Å². The Hall–Kier alpha value is -4.15. The topological polar surface area (TPSA) is 104 Å². The number of hydrazone groups is 1. The molecular formula is C28H34FN5O5. The second-order valence-corrected chi connectivity index (χ2v) is 10.5. The van der Waals surface area contributed by atoms with Gasteiger partial charge in [-0.25, -0.2) is 14.0 Å². The highest BCUT2D eigenvalue weighted by atomic mass is 19.1. The van der Waals surface area contributed by atoms with Gasteiger partial charge in [0, 0.05) is 25.6 Å². The predicted molar refractivity (Wildman–Crippen MR) is 145 cm³/mol. The van der Waals surface area contributed by atoms with Gasteiger partial charge in [0.25, 0.3) is 0 Å². The van der Waals surface area contributed by atoms with E-state index in [1.807, 2.05) is 50.0 Å². The fourth-order valence-corrected chi connectivity index (χ4v) is 4.22. The zero-order chi connectivity index (χ0) is 28.2. The molecule has 1 atom stereocenters. The van der Waals surface area contributed by atoms with Crippen LogP contribution in [0.3, 0.4) is 0 Å². The van der Waals surface area contributed by atoms with Crippen molar-refractivity contribution in [3.8, 4) is 11.1 Å². The van der Waals surface area contributed by atoms with E-state index in [9.17, 15) is 14.4 Å². The molecule has 2 aliphatic rings. The first kappa shape index (κ1) is 27.9. The van der Waals surface area contributed by atoms with Crippen LogP contribution in [-0.4, -0.2) is 85.2 Å². The summed E-state index contributed by atoms with van der Waals surface area (Å²) in [5.74, 6) is -0.676. The van der Waals surface area contributed by atoms with Crippen LogP contribution in [0, 0.1) is 5.82 Å². The van der Waals surface area contributed by atoms with Crippen molar-refractivity contribution in [3.05, 3.63) is 53.8 Å². The standard InChI is InChI=1S/C28H34FN5O5/c1-19(35)30-17-23-18-34(27(37)38-23)22-9-10-24(25(29)15-22)21-7-5-20(6-8-21)16-31-33-13-11-32(12-14-33)26(36)39-28(2,3)4/h5-10,15-16,23H,11-14,17-18H2,1-4H3,(H,30,35)/t23-/m0/s1. The van der Waals surface area contributed by atoms with Crippen LogP contribution in [0.2, 0.25) is 0 Å². The number of cyclic esters (lactones) is 1. The van der Waals surface area contributed by atoms with E-state index in [0.717, 1.165) is 5.56 Å². The first-order valence-electron chi connectivity index (χ1n) is 12.9. The lowest BCUT2D eigenvalue weighted by Crippen LogP contribution is -2.48. The summed E-state index contributed by atoms with van der Waals surface area (Å²) in [6, 6.07) is 11.9. The van der Waals surface area contributed by atoms with E-state index in [1.54, 1.807) is 23.2 Å². The molecule has 4 rings (SSSR count). The maximum atomic E-state index is 15.0. The van der Waals surface area contributed by atoms with E-state index in [2.05, 4.69) is 10.4 Å². The summed E-state index contributed by atoms with van der Waals surface area (Å²) < 4.78 is 25.7. The van der Waals surface area contributed by atoms with Gasteiger partial charge in [-0.05, 0) is 50.1 Å². The zero-order valence-electron chi connectivity index (χ0n) is 22.6. The average Bonchev–Trinajstić information content (AvgIpc) is 3.26. The number of hydrogen-bond donors (Lipinski definition) is 1. The van der Waals surface area contributed by atoms with Crippen LogP contribution in [0.15, 0.2) is 47.6 Å². The van der Waals surface area contributed by atoms with E-state index in [1.165, 1.54) is 17.9 Å². The van der Waals surface area contributed by atoms with Crippen LogP contribution in [0.25, 0.3) is 11.1 Å². The molecule has 2 fully saturated rings. The summed E-state index contributed by atoms with van der Waals surface area (Å²) in [7, 11) is 0. The van der Waals surface area contributed by atoms with Crippen molar-refractivity contribution in [3.63, 3.8) is 0 Å². The number of benzene rings is 2. The highest BCUT2D eigenvalue weighted by molar-refractivity contribution is 5.90. The largest absolute Gasteiger partial charge is 0.444 e. The molecule has 10 nitrogen and oxygen atoms in total. The van der Waals surface area contributed by atoms with Gasteiger partial charge in [-0.2, -0.15) is 5.10 Å². The number of anilines is 1. The number of rotatable bonds is 6. The smallest absolute Gasteiger partial charge is 0.414 e. The number of carbonyl (C=O) groups is 3. The van der Waals surface area contributed by atoms with Gasteiger partial charge in [0.1, 0.15) is 17.5 Å². The van der Waals surface area contributed by atoms with Gasteiger partial charge in [0.15, 0.2) is 0 Å². The molecule has 0 radical (unpaired) electrons. The normalized spacial score (nSPS) is 17.9. The van der Waals surface area contributed by atoms with Gasteiger partial charge in [0.2, 0.25) is 5.91 Å². The molecule has 208 valence electrons. The highest BCUT2D eigenvalue weighted by Crippen LogP contribution is 2.29. The third kappa shape index (κ3) is 7.46. The van der Waals surface area contributed by atoms with Gasteiger partial charge in [-0.1, -0.05) is 24.3 Å². The molecule has 0 unspecified atom stereocenters. The maximum absolute atomic E-state index is 15.0. The number of amides is 3. The van der Waals surface area contributed by atoms with Crippen molar-refractivity contribution in [2.45, 2.75) is 39.4 Å². The molecule has 2 aromatic carbocycles. The minimum atomic E-state index is -0.576. The minimum absolute atomic E-state index is 0.204. The lowest BCUT2D eigenvalue weighted by Gasteiger charge is -2.34. The van der Waals surface area contributed by atoms with Crippen LogP contribution < -0.4 is 10.2 Å². The Morgan fingerprint density at radius 2 is 1.82 bits per heavy atom. The van der Waals surface area contributed by atoms with E-state index < -0.39 is 23.6 Å². The Morgan fingerprint density at radius 3 is 2.44 bits per heavy atom. The quantitative estimate of drug-likeness (QED) is 0.560. The number of carbonyl (C=O) groups excluding carboxylic acids is 3. The van der Waals surface area contributed by atoms with Crippen molar-refractivity contribution in [2.24, 2.45) is 5.10 Å². The van der Waals surface area contributed by atoms with Crippen LogP contribution >= 0.6 is 0 Å². The Kier molecular flexibility index (Phi) is 8.37. The molecule has 2 heterocycles. The van der Waals surface area contributed by atoms with Crippen molar-refractivity contribution in [1.29, 1.82) is 0 Å². The third-order valence-electron chi connectivity index (χ3n) is 6.22. The monoisotopic (exact) mass is 539 g/mol. The molecule has 39 heavy (non-hydrogen) atoms. The Morgan fingerprint density at radius 1 is 1.13 bits per heavy atom. The fraction of sp³-hybridized carbons (Fsp3) is 0.429. The molecular weight excluding hydrogens is 505 g/mol. The Balaban J connectivity index is 1.32. The van der Waals surface area contributed by atoms with Crippen molar-refractivity contribution in [2.75, 3.05) is 44.2 Å². The number of nitrogens with zero attached hydrogens (tertiary/aromatic N) is 4. The average molecular weight is 540 g/mol. The molecule has 2 aromatic rings. The Bertz CT molecular complexity index is 1240. The lowest BCUT2D eigenvalue weighted by atomic mass is 10.0. The minimum Gasteiger partial charge on any atom is -0.444 e. The molecule has 11 heteroatoms. The number of halogens is 1. The molecule has 1 N–H and O–H groups in total. The molecule has 3 amide bonds. The Labute approximate surface area is 227 Å². The second kappa shape index (κ2) is 11.7. The van der Waals surface area contributed by atoms with Crippen LogP contribution in [0.5, 0.6) is 0 Å². The number of ether oxygens (including phenoxy) is 2. The van der Waals surface area contributed by atoms with Gasteiger partial charge < -0.3 is 19.7 Å². The SMILES string of the molecule is CC(=O)NC[C@H]1CN(c2ccc(-c3ccc(C=NN4CCN(C(=O)OC(C)(C)C)CC4)cc3)c(F)c2)C(=O)O1. The number of nitrogens with one attached hydrogen (secondary N) is 1. The first-order valence-corrected chi connectivity index (χ1v) is 12.9. The molecule has 0 aliphatic carbocycles. The summed E-state index contributed by atoms with van der Waals surface area (Å²) in [6.45, 7) is 9.63. The summed E-state index contributed by atoms with van der Waals surface area (Å²) in [6.07, 6.45) is 0.357. The van der Waals surface area contributed by atoms with Crippen molar-refractivity contribution in [1.82, 2.24) is 15.2 Å². The molecule has 0 spiro atoms. The van der Waals surface area contributed by atoms with Crippen LogP contribution in [0.1, 0.15) is 33.3 Å². The summed E-state index contributed by atoms with van der Waals surface area (Å²) in [5.41, 5.74) is 1.82.